The summed E-state index contributed by atoms with van der Waals surface area (Å²) in [4.78, 5) is 0. The third kappa shape index (κ3) is 13.3. The molecule has 0 unspecified atom stereocenters. The summed E-state index contributed by atoms with van der Waals surface area (Å²) in [6.07, 6.45) is 1.79. The Hall–Kier alpha value is -2.86. The van der Waals surface area contributed by atoms with Crippen LogP contribution in [-0.2, 0) is 28.7 Å². The number of phenols is 2. The molecule has 0 radical (unpaired) electrons. The predicted octanol–water partition coefficient (Wildman–Crippen LogP) is 6.69. The van der Waals surface area contributed by atoms with Crippen LogP contribution >= 0.6 is 0 Å². The van der Waals surface area contributed by atoms with Gasteiger partial charge in [0.25, 0.3) is 0 Å². The molecule has 0 saturated heterocycles. The number of aromatic hydroxyl groups is 2. The van der Waals surface area contributed by atoms with Gasteiger partial charge in [-0.2, -0.15) is 36.4 Å². The van der Waals surface area contributed by atoms with Crippen LogP contribution < -0.4 is 0 Å². The number of phenolic OH excluding ortho intramolecular Hbond substituents is 2. The van der Waals surface area contributed by atoms with Crippen LogP contribution in [0.5, 0.6) is 11.5 Å². The first-order valence-corrected chi connectivity index (χ1v) is 10.7. The normalized spacial score (nSPS) is 8.47. The first-order chi connectivity index (χ1) is 14.7. The zero-order chi connectivity index (χ0) is 22.5. The minimum atomic E-state index is 0.403. The quantitative estimate of drug-likeness (QED) is 0.341. The molecule has 3 heteroatoms. The van der Waals surface area contributed by atoms with Crippen LogP contribution in [0.15, 0.2) is 109 Å². The summed E-state index contributed by atoms with van der Waals surface area (Å²) in [6, 6.07) is 34.8. The van der Waals surface area contributed by atoms with E-state index in [-0.39, 0.29) is 0 Å². The minimum Gasteiger partial charge on any atom is -0.214 e. The summed E-state index contributed by atoms with van der Waals surface area (Å²) in [7, 11) is 0. The Kier molecular flexibility index (Phi) is 17.6. The summed E-state index contributed by atoms with van der Waals surface area (Å²) in [5.41, 5.74) is 2.02. The minimum absolute atomic E-state index is 0.403. The van der Waals surface area contributed by atoms with Gasteiger partial charge in [0.05, 0.1) is 0 Å². The standard InChI is InChI=1S/2C8H10O.2C5H5.CH2.Cr/c2*1-2-7-5-3-4-6-8(7)9;2*1-2-4-5-3-1;;/h2*3-6,9H,2H2,1H3;2*1-5H;1H2;/q;;2*-1;;. The largest absolute Gasteiger partial charge is 0.214 e. The predicted molar refractivity (Wildman–Crippen MR) is 126 cm³/mol. The molecule has 0 amide bonds. The van der Waals surface area contributed by atoms with Crippen molar-refractivity contribution in [3.05, 3.63) is 120 Å². The van der Waals surface area contributed by atoms with E-state index >= 15 is 0 Å². The summed E-state index contributed by atoms with van der Waals surface area (Å²) in [5, 5.41) is 21.3. The van der Waals surface area contributed by atoms with E-state index in [4.69, 9.17) is 10.2 Å². The Bertz CT molecular complexity index is 731. The number of para-hydroxylation sites is 2. The van der Waals surface area contributed by atoms with Gasteiger partial charge in [-0.25, -0.2) is 24.3 Å². The molecule has 0 aliphatic carbocycles. The summed E-state index contributed by atoms with van der Waals surface area (Å²) in [6.45, 7) is 4.05. The molecule has 4 aromatic rings. The molecule has 0 aromatic heterocycles. The van der Waals surface area contributed by atoms with Crippen molar-refractivity contribution in [2.75, 3.05) is 0 Å². The molecule has 4 rings (SSSR count). The Labute approximate surface area is 189 Å². The third-order valence-electron chi connectivity index (χ3n) is 3.86. The SMILES string of the molecule is CCc1ccccc1O.CCc1ccccc1O.[CH2]=[Cr].c1cc[cH-]c1.c1cc[cH-]c1. The fraction of sp³-hybridized carbons (Fsp3) is 0.148. The van der Waals surface area contributed by atoms with Gasteiger partial charge in [-0.05, 0) is 36.1 Å². The number of hydrogen-bond acceptors (Lipinski definition) is 2. The Morgan fingerprint density at radius 3 is 1.07 bits per heavy atom. The van der Waals surface area contributed by atoms with Crippen molar-refractivity contribution in [1.29, 1.82) is 0 Å². The molecule has 0 aliphatic rings. The van der Waals surface area contributed by atoms with Gasteiger partial charge in [-0.1, -0.05) is 50.2 Å². The van der Waals surface area contributed by atoms with E-state index < -0.39 is 0 Å². The zero-order valence-electron chi connectivity index (χ0n) is 17.8. The van der Waals surface area contributed by atoms with Crippen molar-refractivity contribution in [1.82, 2.24) is 0 Å². The van der Waals surface area contributed by atoms with Crippen LogP contribution in [0.25, 0.3) is 0 Å². The van der Waals surface area contributed by atoms with E-state index in [1.807, 2.05) is 111 Å². The molecule has 0 bridgehead atoms. The van der Waals surface area contributed by atoms with Gasteiger partial charge >= 0.3 is 21.2 Å². The van der Waals surface area contributed by atoms with Crippen LogP contribution in [0.1, 0.15) is 25.0 Å². The molecule has 0 fully saturated rings. The average molecular weight is 441 g/mol. The van der Waals surface area contributed by atoms with Crippen molar-refractivity contribution >= 4 is 5.39 Å². The Morgan fingerprint density at radius 1 is 0.600 bits per heavy atom. The Morgan fingerprint density at radius 2 is 0.900 bits per heavy atom. The maximum Gasteiger partial charge on any atom is -0.172 e. The van der Waals surface area contributed by atoms with Crippen molar-refractivity contribution in [2.24, 2.45) is 0 Å². The summed E-state index contributed by atoms with van der Waals surface area (Å²) >= 11 is 2.38. The van der Waals surface area contributed by atoms with Crippen molar-refractivity contribution in [2.45, 2.75) is 26.7 Å². The summed E-state index contributed by atoms with van der Waals surface area (Å²) < 4.78 is 0. The van der Waals surface area contributed by atoms with Gasteiger partial charge in [-0.3, -0.25) is 0 Å². The molecule has 2 nitrogen and oxygen atoms in total. The van der Waals surface area contributed by atoms with Gasteiger partial charge in [-0.15, -0.1) is 0 Å². The molecule has 4 aromatic carbocycles. The van der Waals surface area contributed by atoms with Crippen LogP contribution in [0.2, 0.25) is 0 Å². The van der Waals surface area contributed by atoms with Crippen molar-refractivity contribution < 1.29 is 26.1 Å². The van der Waals surface area contributed by atoms with Gasteiger partial charge in [0, 0.05) is 0 Å². The number of hydrogen-bond donors (Lipinski definition) is 2. The summed E-state index contributed by atoms with van der Waals surface area (Å²) in [5.74, 6) is 0.806. The number of rotatable bonds is 2. The fourth-order valence-corrected chi connectivity index (χ4v) is 2.26. The van der Waals surface area contributed by atoms with Crippen LogP contribution in [0.3, 0.4) is 0 Å². The molecule has 0 spiro atoms. The van der Waals surface area contributed by atoms with Gasteiger partial charge in [0.2, 0.25) is 0 Å². The van der Waals surface area contributed by atoms with Gasteiger partial charge < -0.3 is 10.2 Å². The number of aryl methyl sites for hydroxylation is 2. The molecule has 0 aliphatic heterocycles. The van der Waals surface area contributed by atoms with E-state index in [0.717, 1.165) is 24.0 Å². The smallest absolute Gasteiger partial charge is 0.172 e. The maximum absolute atomic E-state index is 9.11. The van der Waals surface area contributed by atoms with E-state index in [0.29, 0.717) is 11.5 Å². The Balaban J connectivity index is 0.000000375. The van der Waals surface area contributed by atoms with Crippen molar-refractivity contribution in [3.8, 4) is 11.5 Å². The second-order valence-electron chi connectivity index (χ2n) is 5.89. The van der Waals surface area contributed by atoms with Crippen LogP contribution in [0.4, 0.5) is 0 Å². The van der Waals surface area contributed by atoms with E-state index in [2.05, 4.69) is 21.2 Å². The third-order valence-corrected chi connectivity index (χ3v) is 3.86. The fourth-order valence-electron chi connectivity index (χ4n) is 2.26. The van der Waals surface area contributed by atoms with Crippen LogP contribution in [0, 0.1) is 0 Å². The monoisotopic (exact) mass is 440 g/mol. The molecular weight excluding hydrogens is 408 g/mol. The molecule has 160 valence electrons. The second-order valence-corrected chi connectivity index (χ2v) is 5.89. The van der Waals surface area contributed by atoms with Gasteiger partial charge in [0.15, 0.2) is 0 Å². The topological polar surface area (TPSA) is 40.5 Å². The average Bonchev–Trinajstić information content (AvgIpc) is 3.56. The first kappa shape index (κ1) is 27.1. The zero-order valence-corrected chi connectivity index (χ0v) is 19.1. The molecule has 0 heterocycles. The molecule has 0 atom stereocenters. The van der Waals surface area contributed by atoms with Gasteiger partial charge in [0.1, 0.15) is 11.5 Å². The first-order valence-electron chi connectivity index (χ1n) is 9.85. The maximum atomic E-state index is 9.11. The molecule has 30 heavy (non-hydrogen) atoms. The molecular formula is C27H32CrO2-2. The molecule has 0 saturated carbocycles. The molecule has 2 N–H and O–H groups in total. The number of benzene rings is 2. The van der Waals surface area contributed by atoms with E-state index in [1.165, 1.54) is 0 Å². The van der Waals surface area contributed by atoms with Crippen molar-refractivity contribution in [3.63, 3.8) is 0 Å². The van der Waals surface area contributed by atoms with E-state index in [1.54, 1.807) is 12.1 Å². The van der Waals surface area contributed by atoms with Crippen LogP contribution in [-0.4, -0.2) is 15.6 Å². The second kappa shape index (κ2) is 19.5. The van der Waals surface area contributed by atoms with E-state index in [9.17, 15) is 0 Å².